The Kier molecular flexibility index (Phi) is 5.23. The lowest BCUT2D eigenvalue weighted by Crippen LogP contribution is -2.38. The average molecular weight is 424 g/mol. The molecule has 0 fully saturated rings. The Bertz CT molecular complexity index is 1280. The number of anilines is 1. The van der Waals surface area contributed by atoms with Gasteiger partial charge in [-0.05, 0) is 42.2 Å². The summed E-state index contributed by atoms with van der Waals surface area (Å²) in [7, 11) is 1.60. The number of methoxy groups -OCH3 is 1. The van der Waals surface area contributed by atoms with Crippen molar-refractivity contribution < 1.29 is 9.53 Å². The number of nitrogens with zero attached hydrogens (tertiary/aromatic N) is 3. The van der Waals surface area contributed by atoms with Gasteiger partial charge in [0.05, 0.1) is 18.4 Å². The van der Waals surface area contributed by atoms with E-state index in [0.717, 1.165) is 46.7 Å². The lowest BCUT2D eigenvalue weighted by atomic mass is 9.94. The lowest BCUT2D eigenvalue weighted by Gasteiger charge is -2.29. The first-order chi connectivity index (χ1) is 15.7. The molecule has 3 aromatic carbocycles. The molecule has 1 aromatic heterocycles. The fourth-order valence-electron chi connectivity index (χ4n) is 4.53. The minimum atomic E-state index is -0.0678. The zero-order valence-electron chi connectivity index (χ0n) is 18.3. The first-order valence-corrected chi connectivity index (χ1v) is 10.9. The third-order valence-corrected chi connectivity index (χ3v) is 5.97. The maximum Gasteiger partial charge on any atom is 0.263 e. The van der Waals surface area contributed by atoms with E-state index in [9.17, 15) is 4.79 Å². The molecule has 2 heterocycles. The molecule has 0 atom stereocenters. The van der Waals surface area contributed by atoms with E-state index in [1.807, 2.05) is 65.0 Å². The molecule has 0 saturated carbocycles. The normalized spacial score (nSPS) is 13.0. The first kappa shape index (κ1) is 20.1. The van der Waals surface area contributed by atoms with E-state index < -0.39 is 0 Å². The van der Waals surface area contributed by atoms with Crippen LogP contribution in [0.15, 0.2) is 78.9 Å². The lowest BCUT2D eigenvalue weighted by molar-refractivity contribution is 0.0978. The molecule has 0 aliphatic carbocycles. The molecule has 1 aliphatic heterocycles. The summed E-state index contributed by atoms with van der Waals surface area (Å²) in [6.07, 6.45) is 0.856. The van der Waals surface area contributed by atoms with Crippen LogP contribution in [0.1, 0.15) is 22.5 Å². The Labute approximate surface area is 187 Å². The van der Waals surface area contributed by atoms with Gasteiger partial charge in [0.25, 0.3) is 5.91 Å². The van der Waals surface area contributed by atoms with Crippen LogP contribution < -0.4 is 9.64 Å². The van der Waals surface area contributed by atoms with E-state index in [0.29, 0.717) is 17.9 Å². The number of carbonyl (C=O) groups excluding carboxylic acids is 1. The molecule has 0 radical (unpaired) electrons. The molecular formula is C27H25N3O2. The van der Waals surface area contributed by atoms with Crippen LogP contribution in [0.4, 0.5) is 5.82 Å². The second-order valence-corrected chi connectivity index (χ2v) is 7.93. The number of aromatic nitrogens is 2. The van der Waals surface area contributed by atoms with Crippen molar-refractivity contribution in [3.05, 3.63) is 90.1 Å². The highest BCUT2D eigenvalue weighted by Gasteiger charge is 2.31. The molecule has 0 spiro atoms. The summed E-state index contributed by atoms with van der Waals surface area (Å²) in [5, 5.41) is 4.82. The number of hydrogen-bond acceptors (Lipinski definition) is 3. The second kappa shape index (κ2) is 8.35. The van der Waals surface area contributed by atoms with Crippen molar-refractivity contribution in [3.63, 3.8) is 0 Å². The zero-order chi connectivity index (χ0) is 22.1. The van der Waals surface area contributed by atoms with Crippen LogP contribution in [-0.2, 0) is 6.54 Å². The molecule has 0 unspecified atom stereocenters. The third-order valence-electron chi connectivity index (χ3n) is 5.97. The van der Waals surface area contributed by atoms with Crippen molar-refractivity contribution in [1.29, 1.82) is 0 Å². The number of hydrogen-bond donors (Lipinski definition) is 0. The van der Waals surface area contributed by atoms with Crippen molar-refractivity contribution in [2.45, 2.75) is 19.9 Å². The predicted molar refractivity (Wildman–Crippen MR) is 127 cm³/mol. The number of carbonyl (C=O) groups is 1. The van der Waals surface area contributed by atoms with E-state index in [1.165, 1.54) is 0 Å². The Morgan fingerprint density at radius 1 is 0.875 bits per heavy atom. The van der Waals surface area contributed by atoms with Gasteiger partial charge in [-0.2, -0.15) is 5.10 Å². The largest absolute Gasteiger partial charge is 0.496 e. The summed E-state index contributed by atoms with van der Waals surface area (Å²) in [5.41, 5.74) is 5.83. The van der Waals surface area contributed by atoms with E-state index >= 15 is 0 Å². The molecule has 1 aliphatic rings. The predicted octanol–water partition coefficient (Wildman–Crippen LogP) is 5.58. The highest BCUT2D eigenvalue weighted by Crippen LogP contribution is 2.41. The van der Waals surface area contributed by atoms with E-state index in [-0.39, 0.29) is 5.91 Å². The number of aryl methyl sites for hydroxylation is 2. The topological polar surface area (TPSA) is 47.4 Å². The fraction of sp³-hybridized carbons (Fsp3) is 0.185. The van der Waals surface area contributed by atoms with E-state index in [2.05, 4.69) is 30.3 Å². The molecule has 0 saturated heterocycles. The Morgan fingerprint density at radius 2 is 1.56 bits per heavy atom. The number of benzene rings is 3. The van der Waals surface area contributed by atoms with Crippen LogP contribution in [0.3, 0.4) is 0 Å². The van der Waals surface area contributed by atoms with Gasteiger partial charge in [0.15, 0.2) is 0 Å². The van der Waals surface area contributed by atoms with E-state index in [1.54, 1.807) is 7.11 Å². The van der Waals surface area contributed by atoms with Gasteiger partial charge >= 0.3 is 0 Å². The van der Waals surface area contributed by atoms with Crippen LogP contribution in [-0.4, -0.2) is 29.3 Å². The fourth-order valence-corrected chi connectivity index (χ4v) is 4.53. The van der Waals surface area contributed by atoms with Crippen LogP contribution in [0.25, 0.3) is 22.3 Å². The highest BCUT2D eigenvalue weighted by molar-refractivity contribution is 6.10. The van der Waals surface area contributed by atoms with Crippen molar-refractivity contribution >= 4 is 11.7 Å². The van der Waals surface area contributed by atoms with Gasteiger partial charge < -0.3 is 4.74 Å². The summed E-state index contributed by atoms with van der Waals surface area (Å²) in [5.74, 6) is 1.37. The standard InChI is InChI=1S/C27H25N3O2/c1-19-25(22-14-7-6-13-21(22)20-11-4-3-5-12-20)26-29(17-10-18-30(26)28-19)27(31)23-15-8-9-16-24(23)32-2/h3-9,11-16H,10,17-18H2,1-2H3. The molecule has 32 heavy (non-hydrogen) atoms. The average Bonchev–Trinajstić information content (AvgIpc) is 3.19. The molecular weight excluding hydrogens is 398 g/mol. The summed E-state index contributed by atoms with van der Waals surface area (Å²) < 4.78 is 7.45. The summed E-state index contributed by atoms with van der Waals surface area (Å²) >= 11 is 0. The van der Waals surface area contributed by atoms with Crippen molar-refractivity contribution in [2.75, 3.05) is 18.6 Å². The van der Waals surface area contributed by atoms with E-state index in [4.69, 9.17) is 9.84 Å². The molecule has 1 amide bonds. The Morgan fingerprint density at radius 3 is 2.34 bits per heavy atom. The maximum absolute atomic E-state index is 13.7. The molecule has 5 nitrogen and oxygen atoms in total. The minimum Gasteiger partial charge on any atom is -0.496 e. The molecule has 5 heteroatoms. The van der Waals surface area contributed by atoms with Gasteiger partial charge in [-0.1, -0.05) is 66.7 Å². The quantitative estimate of drug-likeness (QED) is 0.430. The second-order valence-electron chi connectivity index (χ2n) is 7.93. The Balaban J connectivity index is 1.68. The van der Waals surface area contributed by atoms with Crippen LogP contribution in [0, 0.1) is 6.92 Å². The first-order valence-electron chi connectivity index (χ1n) is 10.9. The molecule has 5 rings (SSSR count). The van der Waals surface area contributed by atoms with Gasteiger partial charge in [0.2, 0.25) is 0 Å². The van der Waals surface area contributed by atoms with Gasteiger partial charge in [-0.15, -0.1) is 0 Å². The zero-order valence-corrected chi connectivity index (χ0v) is 18.3. The number of fused-ring (bicyclic) bond motifs is 1. The van der Waals surface area contributed by atoms with Crippen LogP contribution >= 0.6 is 0 Å². The smallest absolute Gasteiger partial charge is 0.263 e. The van der Waals surface area contributed by atoms with Crippen LogP contribution in [0.5, 0.6) is 5.75 Å². The molecule has 0 bridgehead atoms. The molecule has 160 valence electrons. The number of para-hydroxylation sites is 1. The number of rotatable bonds is 4. The van der Waals surface area contributed by atoms with Crippen LogP contribution in [0.2, 0.25) is 0 Å². The monoisotopic (exact) mass is 423 g/mol. The highest BCUT2D eigenvalue weighted by atomic mass is 16.5. The molecule has 0 N–H and O–H groups in total. The van der Waals surface area contributed by atoms with Gasteiger partial charge in [-0.25, -0.2) is 4.68 Å². The maximum atomic E-state index is 13.7. The SMILES string of the molecule is COc1ccccc1C(=O)N1CCCn2nc(C)c(-c3ccccc3-c3ccccc3)c21. The summed E-state index contributed by atoms with van der Waals surface area (Å²) in [6.45, 7) is 3.45. The summed E-state index contributed by atoms with van der Waals surface area (Å²) in [4.78, 5) is 15.6. The Hall–Kier alpha value is -3.86. The summed E-state index contributed by atoms with van der Waals surface area (Å²) in [6, 6.07) is 26.1. The number of amides is 1. The van der Waals surface area contributed by atoms with Gasteiger partial charge in [-0.3, -0.25) is 9.69 Å². The number of ether oxygens (including phenoxy) is 1. The third kappa shape index (κ3) is 3.36. The molecule has 4 aromatic rings. The van der Waals surface area contributed by atoms with Crippen molar-refractivity contribution in [2.24, 2.45) is 0 Å². The van der Waals surface area contributed by atoms with Crippen molar-refractivity contribution in [1.82, 2.24) is 9.78 Å². The van der Waals surface area contributed by atoms with Gasteiger partial charge in [0, 0.05) is 18.7 Å². The van der Waals surface area contributed by atoms with Crippen molar-refractivity contribution in [3.8, 4) is 28.0 Å². The minimum absolute atomic E-state index is 0.0678. The van der Waals surface area contributed by atoms with Gasteiger partial charge in [0.1, 0.15) is 11.6 Å².